The first-order valence-electron chi connectivity index (χ1n) is 7.03. The van der Waals surface area contributed by atoms with Crippen LogP contribution in [0.5, 0.6) is 0 Å². The molecule has 0 aliphatic heterocycles. The summed E-state index contributed by atoms with van der Waals surface area (Å²) < 4.78 is 0. The van der Waals surface area contributed by atoms with Gasteiger partial charge in [0.25, 0.3) is 0 Å². The van der Waals surface area contributed by atoms with Crippen molar-refractivity contribution in [1.29, 1.82) is 5.26 Å². The average Bonchev–Trinajstić information content (AvgIpc) is 2.59. The van der Waals surface area contributed by atoms with Gasteiger partial charge in [-0.05, 0) is 29.1 Å². The van der Waals surface area contributed by atoms with Crippen molar-refractivity contribution >= 4 is 16.5 Å². The molecule has 3 nitrogen and oxygen atoms in total. The Morgan fingerprint density at radius 1 is 1.14 bits per heavy atom. The molecule has 1 heterocycles. The second-order valence-corrected chi connectivity index (χ2v) is 5.05. The van der Waals surface area contributed by atoms with Crippen LogP contribution in [0.3, 0.4) is 0 Å². The van der Waals surface area contributed by atoms with Crippen LogP contribution in [0.4, 0.5) is 5.69 Å². The third-order valence-electron chi connectivity index (χ3n) is 3.53. The van der Waals surface area contributed by atoms with Crippen LogP contribution in [0, 0.1) is 11.3 Å². The second kappa shape index (κ2) is 6.11. The molecule has 0 fully saturated rings. The Balaban J connectivity index is 2.03. The van der Waals surface area contributed by atoms with Gasteiger partial charge >= 0.3 is 0 Å². The van der Waals surface area contributed by atoms with Crippen molar-refractivity contribution in [1.82, 2.24) is 4.98 Å². The largest absolute Gasteiger partial charge is 0.380 e. The molecule has 0 saturated carbocycles. The van der Waals surface area contributed by atoms with Crippen molar-refractivity contribution in [2.75, 3.05) is 11.9 Å². The fraction of sp³-hybridized carbons (Fsp3) is 0.0526. The first-order chi connectivity index (χ1) is 10.8. The van der Waals surface area contributed by atoms with E-state index in [0.717, 1.165) is 27.6 Å². The van der Waals surface area contributed by atoms with Gasteiger partial charge in [0.05, 0.1) is 6.07 Å². The Morgan fingerprint density at radius 2 is 2.05 bits per heavy atom. The van der Waals surface area contributed by atoms with Crippen molar-refractivity contribution in [2.24, 2.45) is 0 Å². The third-order valence-corrected chi connectivity index (χ3v) is 3.53. The first kappa shape index (κ1) is 13.8. The highest BCUT2D eigenvalue weighted by molar-refractivity contribution is 5.96. The van der Waals surface area contributed by atoms with Crippen LogP contribution in [0.15, 0.2) is 73.1 Å². The van der Waals surface area contributed by atoms with Crippen LogP contribution < -0.4 is 5.32 Å². The number of hydrogen-bond donors (Lipinski definition) is 1. The van der Waals surface area contributed by atoms with E-state index in [-0.39, 0.29) is 0 Å². The van der Waals surface area contributed by atoms with E-state index >= 15 is 0 Å². The van der Waals surface area contributed by atoms with E-state index in [1.807, 2.05) is 30.5 Å². The van der Waals surface area contributed by atoms with Crippen molar-refractivity contribution in [3.63, 3.8) is 0 Å². The van der Waals surface area contributed by atoms with Gasteiger partial charge in [0.1, 0.15) is 0 Å². The number of nitriles is 1. The molecule has 0 radical (unpaired) electrons. The minimum Gasteiger partial charge on any atom is -0.380 e. The predicted molar refractivity (Wildman–Crippen MR) is 90.4 cm³/mol. The number of nitrogens with zero attached hydrogens (tertiary/aromatic N) is 2. The van der Waals surface area contributed by atoms with Crippen LogP contribution >= 0.6 is 0 Å². The standard InChI is InChI=1S/C19H15N3/c1-14(11-20)12-22-19-6-2-4-15-7-8-16(10-18(15)19)17-5-3-9-21-13-17/h2-10,13,22H,1,12H2. The average molecular weight is 285 g/mol. The predicted octanol–water partition coefficient (Wildman–Crippen LogP) is 4.39. The molecule has 0 aliphatic rings. The summed E-state index contributed by atoms with van der Waals surface area (Å²) in [6.45, 7) is 4.15. The molecule has 1 aromatic heterocycles. The lowest BCUT2D eigenvalue weighted by atomic mass is 10.0. The minimum absolute atomic E-state index is 0.451. The summed E-state index contributed by atoms with van der Waals surface area (Å²) in [5.41, 5.74) is 3.72. The summed E-state index contributed by atoms with van der Waals surface area (Å²) in [7, 11) is 0. The number of rotatable bonds is 4. The Hall–Kier alpha value is -3.12. The zero-order valence-electron chi connectivity index (χ0n) is 12.1. The van der Waals surface area contributed by atoms with E-state index in [9.17, 15) is 0 Å². The lowest BCUT2D eigenvalue weighted by Crippen LogP contribution is -2.03. The van der Waals surface area contributed by atoms with Crippen molar-refractivity contribution in [3.05, 3.63) is 73.1 Å². The normalized spacial score (nSPS) is 10.1. The molecule has 3 heteroatoms. The molecule has 0 unspecified atom stereocenters. The maximum Gasteiger partial charge on any atom is 0.0959 e. The quantitative estimate of drug-likeness (QED) is 0.723. The van der Waals surface area contributed by atoms with Gasteiger partial charge in [0, 0.05) is 41.1 Å². The lowest BCUT2D eigenvalue weighted by molar-refractivity contribution is 1.28. The zero-order chi connectivity index (χ0) is 15.4. The number of anilines is 1. The molecule has 0 amide bonds. The van der Waals surface area contributed by atoms with E-state index < -0.39 is 0 Å². The molecule has 3 rings (SSSR count). The second-order valence-electron chi connectivity index (χ2n) is 5.05. The fourth-order valence-corrected chi connectivity index (χ4v) is 2.38. The number of aromatic nitrogens is 1. The van der Waals surface area contributed by atoms with Gasteiger partial charge in [-0.25, -0.2) is 0 Å². The molecule has 3 aromatic rings. The smallest absolute Gasteiger partial charge is 0.0959 e. The number of fused-ring (bicyclic) bond motifs is 1. The Morgan fingerprint density at radius 3 is 2.82 bits per heavy atom. The van der Waals surface area contributed by atoms with Crippen LogP contribution in [0.1, 0.15) is 0 Å². The van der Waals surface area contributed by atoms with Crippen molar-refractivity contribution in [3.8, 4) is 17.2 Å². The van der Waals surface area contributed by atoms with E-state index in [1.165, 1.54) is 0 Å². The van der Waals surface area contributed by atoms with E-state index in [0.29, 0.717) is 12.1 Å². The van der Waals surface area contributed by atoms with Gasteiger partial charge in [-0.2, -0.15) is 5.26 Å². The molecule has 2 aromatic carbocycles. The van der Waals surface area contributed by atoms with Crippen LogP contribution in [0.25, 0.3) is 21.9 Å². The minimum atomic E-state index is 0.451. The van der Waals surface area contributed by atoms with Crippen LogP contribution in [0.2, 0.25) is 0 Å². The summed E-state index contributed by atoms with van der Waals surface area (Å²) in [5, 5.41) is 14.4. The van der Waals surface area contributed by atoms with Crippen LogP contribution in [-0.4, -0.2) is 11.5 Å². The van der Waals surface area contributed by atoms with Gasteiger partial charge in [0.2, 0.25) is 0 Å². The van der Waals surface area contributed by atoms with Crippen molar-refractivity contribution < 1.29 is 0 Å². The van der Waals surface area contributed by atoms with Gasteiger partial charge in [-0.1, -0.05) is 36.9 Å². The monoisotopic (exact) mass is 285 g/mol. The fourth-order valence-electron chi connectivity index (χ4n) is 2.38. The highest BCUT2D eigenvalue weighted by Crippen LogP contribution is 2.28. The summed E-state index contributed by atoms with van der Waals surface area (Å²) in [6, 6.07) is 18.5. The number of hydrogen-bond acceptors (Lipinski definition) is 3. The maximum absolute atomic E-state index is 8.82. The number of nitrogens with one attached hydrogen (secondary N) is 1. The Bertz CT molecular complexity index is 861. The van der Waals surface area contributed by atoms with Gasteiger partial charge in [-0.3, -0.25) is 4.98 Å². The molecule has 0 aliphatic carbocycles. The summed E-state index contributed by atoms with van der Waals surface area (Å²) in [5.74, 6) is 0. The molecular weight excluding hydrogens is 270 g/mol. The van der Waals surface area contributed by atoms with Gasteiger partial charge in [0.15, 0.2) is 0 Å². The van der Waals surface area contributed by atoms with Crippen molar-refractivity contribution in [2.45, 2.75) is 0 Å². The molecule has 1 N–H and O–H groups in total. The van der Waals surface area contributed by atoms with E-state index in [1.54, 1.807) is 6.20 Å². The SMILES string of the molecule is C=C(C#N)CNc1cccc2ccc(-c3cccnc3)cc12. The Kier molecular flexibility index (Phi) is 3.84. The summed E-state index contributed by atoms with van der Waals surface area (Å²) in [6.07, 6.45) is 3.62. The number of pyridine rings is 1. The molecular formula is C19H15N3. The molecule has 0 saturated heterocycles. The maximum atomic E-state index is 8.82. The highest BCUT2D eigenvalue weighted by atomic mass is 14.9. The molecule has 0 bridgehead atoms. The summed E-state index contributed by atoms with van der Waals surface area (Å²) >= 11 is 0. The topological polar surface area (TPSA) is 48.7 Å². The zero-order valence-corrected chi connectivity index (χ0v) is 12.1. The van der Waals surface area contributed by atoms with Gasteiger partial charge in [-0.15, -0.1) is 0 Å². The molecule has 106 valence electrons. The first-order valence-corrected chi connectivity index (χ1v) is 7.03. The molecule has 0 atom stereocenters. The third kappa shape index (κ3) is 2.82. The molecule has 22 heavy (non-hydrogen) atoms. The van der Waals surface area contributed by atoms with E-state index in [4.69, 9.17) is 5.26 Å². The summed E-state index contributed by atoms with van der Waals surface area (Å²) in [4.78, 5) is 4.17. The van der Waals surface area contributed by atoms with Crippen LogP contribution in [-0.2, 0) is 0 Å². The number of benzene rings is 2. The Labute approximate surface area is 129 Å². The molecule has 0 spiro atoms. The van der Waals surface area contributed by atoms with E-state index in [2.05, 4.69) is 47.2 Å². The lowest BCUT2D eigenvalue weighted by Gasteiger charge is -2.10. The highest BCUT2D eigenvalue weighted by Gasteiger charge is 2.04. The van der Waals surface area contributed by atoms with Gasteiger partial charge < -0.3 is 5.32 Å².